The summed E-state index contributed by atoms with van der Waals surface area (Å²) < 4.78 is 6.34. The van der Waals surface area contributed by atoms with E-state index in [0.717, 1.165) is 17.0 Å². The van der Waals surface area contributed by atoms with Gasteiger partial charge in [-0.2, -0.15) is 0 Å². The van der Waals surface area contributed by atoms with Crippen molar-refractivity contribution < 1.29 is 4.74 Å². The zero-order valence-corrected chi connectivity index (χ0v) is 10.5. The molecule has 1 saturated carbocycles. The fourth-order valence-electron chi connectivity index (χ4n) is 1.73. The number of anilines is 1. The molecule has 1 N–H and O–H groups in total. The Hall–Kier alpha value is -0.540. The summed E-state index contributed by atoms with van der Waals surface area (Å²) >= 11 is 3.43. The zero-order chi connectivity index (χ0) is 10.7. The molecule has 82 valence electrons. The number of benzene rings is 1. The van der Waals surface area contributed by atoms with Crippen molar-refractivity contribution in [3.05, 3.63) is 28.7 Å². The predicted octanol–water partition coefficient (Wildman–Crippen LogP) is 3.29. The van der Waals surface area contributed by atoms with Gasteiger partial charge in [-0.3, -0.25) is 0 Å². The number of hydrogen-bond acceptors (Lipinski definition) is 2. The molecule has 15 heavy (non-hydrogen) atoms. The molecule has 1 aromatic rings. The molecule has 0 amide bonds. The Labute approximate surface area is 99.1 Å². The van der Waals surface area contributed by atoms with Crippen LogP contribution in [0.2, 0.25) is 0 Å². The van der Waals surface area contributed by atoms with Crippen molar-refractivity contribution in [3.8, 4) is 0 Å². The van der Waals surface area contributed by atoms with Crippen LogP contribution < -0.4 is 5.32 Å². The van der Waals surface area contributed by atoms with Crippen molar-refractivity contribution in [2.45, 2.75) is 18.9 Å². The van der Waals surface area contributed by atoms with E-state index in [1.165, 1.54) is 18.5 Å². The van der Waals surface area contributed by atoms with Crippen molar-refractivity contribution in [2.24, 2.45) is 5.92 Å². The first-order chi connectivity index (χ1) is 7.29. The second-order valence-electron chi connectivity index (χ2n) is 4.05. The average Bonchev–Trinajstić information content (AvgIpc) is 3.04. The summed E-state index contributed by atoms with van der Waals surface area (Å²) in [5.74, 6) is 0.800. The van der Waals surface area contributed by atoms with Crippen LogP contribution in [-0.2, 0) is 4.74 Å². The summed E-state index contributed by atoms with van der Waals surface area (Å²) in [5, 5.41) is 3.52. The van der Waals surface area contributed by atoms with Crippen molar-refractivity contribution in [1.82, 2.24) is 0 Å². The Morgan fingerprint density at radius 2 is 2.07 bits per heavy atom. The topological polar surface area (TPSA) is 21.3 Å². The van der Waals surface area contributed by atoms with Crippen LogP contribution in [0.5, 0.6) is 0 Å². The van der Waals surface area contributed by atoms with Crippen LogP contribution in [0.1, 0.15) is 12.8 Å². The van der Waals surface area contributed by atoms with Crippen LogP contribution in [0.3, 0.4) is 0 Å². The first-order valence-corrected chi connectivity index (χ1v) is 6.10. The largest absolute Gasteiger partial charge is 0.383 e. The fourth-order valence-corrected chi connectivity index (χ4v) is 2.00. The van der Waals surface area contributed by atoms with E-state index in [1.54, 1.807) is 7.11 Å². The van der Waals surface area contributed by atoms with Crippen LogP contribution in [0.4, 0.5) is 5.69 Å². The molecule has 1 aliphatic carbocycles. The Morgan fingerprint density at radius 3 is 2.60 bits per heavy atom. The Bertz CT molecular complexity index is 308. The predicted molar refractivity (Wildman–Crippen MR) is 66.2 cm³/mol. The van der Waals surface area contributed by atoms with Crippen LogP contribution in [0.25, 0.3) is 0 Å². The van der Waals surface area contributed by atoms with Gasteiger partial charge in [-0.15, -0.1) is 0 Å². The van der Waals surface area contributed by atoms with E-state index in [2.05, 4.69) is 45.5 Å². The molecule has 1 aromatic carbocycles. The molecule has 0 heterocycles. The summed E-state index contributed by atoms with van der Waals surface area (Å²) in [6.07, 6.45) is 2.66. The van der Waals surface area contributed by atoms with E-state index < -0.39 is 0 Å². The van der Waals surface area contributed by atoms with Gasteiger partial charge in [0.05, 0.1) is 12.6 Å². The van der Waals surface area contributed by atoms with E-state index in [0.29, 0.717) is 6.04 Å². The minimum atomic E-state index is 0.469. The van der Waals surface area contributed by atoms with E-state index in [9.17, 15) is 0 Å². The Morgan fingerprint density at radius 1 is 1.40 bits per heavy atom. The second kappa shape index (κ2) is 4.99. The third-order valence-electron chi connectivity index (χ3n) is 2.73. The van der Waals surface area contributed by atoms with Gasteiger partial charge in [0.25, 0.3) is 0 Å². The van der Waals surface area contributed by atoms with Crippen LogP contribution in [-0.4, -0.2) is 19.8 Å². The van der Waals surface area contributed by atoms with Crippen LogP contribution >= 0.6 is 15.9 Å². The zero-order valence-electron chi connectivity index (χ0n) is 8.87. The van der Waals surface area contributed by atoms with Gasteiger partial charge in [-0.05, 0) is 43.0 Å². The fraction of sp³-hybridized carbons (Fsp3) is 0.500. The van der Waals surface area contributed by atoms with Crippen molar-refractivity contribution in [2.75, 3.05) is 19.0 Å². The molecule has 0 spiro atoms. The molecule has 0 aromatic heterocycles. The van der Waals surface area contributed by atoms with Crippen molar-refractivity contribution in [3.63, 3.8) is 0 Å². The van der Waals surface area contributed by atoms with Gasteiger partial charge in [0.2, 0.25) is 0 Å². The number of ether oxygens (including phenoxy) is 1. The molecule has 2 nitrogen and oxygen atoms in total. The highest BCUT2D eigenvalue weighted by Crippen LogP contribution is 2.34. The molecule has 3 heteroatoms. The van der Waals surface area contributed by atoms with E-state index in [-0.39, 0.29) is 0 Å². The van der Waals surface area contributed by atoms with Crippen molar-refractivity contribution >= 4 is 21.6 Å². The van der Waals surface area contributed by atoms with Gasteiger partial charge >= 0.3 is 0 Å². The summed E-state index contributed by atoms with van der Waals surface area (Å²) in [7, 11) is 1.76. The molecular weight excluding hydrogens is 254 g/mol. The molecule has 1 atom stereocenters. The smallest absolute Gasteiger partial charge is 0.0666 e. The standard InChI is InChI=1S/C12H16BrNO/c1-15-8-12(9-2-3-9)14-11-6-4-10(13)5-7-11/h4-7,9,12,14H,2-3,8H2,1H3. The lowest BCUT2D eigenvalue weighted by Gasteiger charge is -2.18. The molecule has 1 fully saturated rings. The first-order valence-electron chi connectivity index (χ1n) is 5.30. The summed E-state index contributed by atoms with van der Waals surface area (Å²) in [6, 6.07) is 8.76. The van der Waals surface area contributed by atoms with Gasteiger partial charge < -0.3 is 10.1 Å². The average molecular weight is 270 g/mol. The van der Waals surface area contributed by atoms with E-state index in [1.807, 2.05) is 0 Å². The normalized spacial score (nSPS) is 17.5. The quantitative estimate of drug-likeness (QED) is 0.886. The second-order valence-corrected chi connectivity index (χ2v) is 4.97. The molecule has 2 rings (SSSR count). The number of halogens is 1. The molecule has 0 bridgehead atoms. The number of rotatable bonds is 5. The maximum absolute atomic E-state index is 5.23. The Kier molecular flexibility index (Phi) is 3.65. The maximum atomic E-state index is 5.23. The number of methoxy groups -OCH3 is 1. The number of nitrogens with one attached hydrogen (secondary N) is 1. The highest BCUT2D eigenvalue weighted by Gasteiger charge is 2.30. The summed E-state index contributed by atoms with van der Waals surface area (Å²) in [5.41, 5.74) is 1.17. The monoisotopic (exact) mass is 269 g/mol. The van der Waals surface area contributed by atoms with Gasteiger partial charge in [0, 0.05) is 17.3 Å². The van der Waals surface area contributed by atoms with Crippen molar-refractivity contribution in [1.29, 1.82) is 0 Å². The molecule has 0 aliphatic heterocycles. The summed E-state index contributed by atoms with van der Waals surface area (Å²) in [4.78, 5) is 0. The lowest BCUT2D eigenvalue weighted by atomic mass is 10.2. The first kappa shape index (κ1) is 11.0. The van der Waals surface area contributed by atoms with Gasteiger partial charge in [0.1, 0.15) is 0 Å². The van der Waals surface area contributed by atoms with E-state index in [4.69, 9.17) is 4.74 Å². The molecular formula is C12H16BrNO. The van der Waals surface area contributed by atoms with Gasteiger partial charge in [-0.1, -0.05) is 15.9 Å². The molecule has 0 radical (unpaired) electrons. The number of hydrogen-bond donors (Lipinski definition) is 1. The van der Waals surface area contributed by atoms with E-state index >= 15 is 0 Å². The van der Waals surface area contributed by atoms with Crippen LogP contribution in [0.15, 0.2) is 28.7 Å². The highest BCUT2D eigenvalue weighted by molar-refractivity contribution is 9.10. The van der Waals surface area contributed by atoms with Gasteiger partial charge in [0.15, 0.2) is 0 Å². The third kappa shape index (κ3) is 3.21. The Balaban J connectivity index is 1.95. The van der Waals surface area contributed by atoms with Crippen LogP contribution in [0, 0.1) is 5.92 Å². The third-order valence-corrected chi connectivity index (χ3v) is 3.26. The minimum absolute atomic E-state index is 0.469. The highest BCUT2D eigenvalue weighted by atomic mass is 79.9. The lowest BCUT2D eigenvalue weighted by molar-refractivity contribution is 0.179. The lowest BCUT2D eigenvalue weighted by Crippen LogP contribution is -2.27. The molecule has 1 unspecified atom stereocenters. The maximum Gasteiger partial charge on any atom is 0.0666 e. The van der Waals surface area contributed by atoms with Gasteiger partial charge in [-0.25, -0.2) is 0 Å². The molecule has 1 aliphatic rings. The SMILES string of the molecule is COCC(Nc1ccc(Br)cc1)C1CC1. The minimum Gasteiger partial charge on any atom is -0.383 e. The summed E-state index contributed by atoms with van der Waals surface area (Å²) in [6.45, 7) is 0.792. The molecule has 0 saturated heterocycles.